The lowest BCUT2D eigenvalue weighted by atomic mass is 10.2. The van der Waals surface area contributed by atoms with Crippen LogP contribution < -0.4 is 10.6 Å². The van der Waals surface area contributed by atoms with Crippen molar-refractivity contribution in [2.24, 2.45) is 0 Å². The van der Waals surface area contributed by atoms with E-state index in [4.69, 9.17) is 5.73 Å². The average Bonchev–Trinajstić information content (AvgIpc) is 2.82. The van der Waals surface area contributed by atoms with E-state index in [0.717, 1.165) is 19.6 Å². The van der Waals surface area contributed by atoms with Crippen LogP contribution in [0.3, 0.4) is 0 Å². The molecule has 2 amide bonds. The Balaban J connectivity index is 1.46. The van der Waals surface area contributed by atoms with Crippen LogP contribution in [0.1, 0.15) is 5.56 Å². The van der Waals surface area contributed by atoms with Gasteiger partial charge in [0, 0.05) is 49.8 Å². The molecule has 0 radical (unpaired) electrons. The van der Waals surface area contributed by atoms with Crippen LogP contribution in [0.25, 0.3) is 0 Å². The Bertz CT molecular complexity index is 1010. The smallest absolute Gasteiger partial charge is 0.321 e. The Kier molecular flexibility index (Phi) is 6.29. The zero-order valence-electron chi connectivity index (χ0n) is 17.4. The Morgan fingerprint density at radius 3 is 1.90 bits per heavy atom. The SMILES string of the molecule is Nc1ccc(N(C(=O)C(=O)N2CCN(Cc3ccccc3)CC2)c2ccccc2)cc1. The first kappa shape index (κ1) is 20.6. The summed E-state index contributed by atoms with van der Waals surface area (Å²) in [7, 11) is 0. The van der Waals surface area contributed by atoms with Crippen LogP contribution in [0.4, 0.5) is 17.1 Å². The molecule has 0 aliphatic carbocycles. The van der Waals surface area contributed by atoms with Crippen molar-refractivity contribution in [1.29, 1.82) is 0 Å². The zero-order chi connectivity index (χ0) is 21.6. The highest BCUT2D eigenvalue weighted by atomic mass is 16.2. The van der Waals surface area contributed by atoms with Crippen molar-refractivity contribution in [1.82, 2.24) is 9.80 Å². The van der Waals surface area contributed by atoms with Gasteiger partial charge in [-0.3, -0.25) is 19.4 Å². The molecule has 0 aromatic heterocycles. The molecule has 0 atom stereocenters. The fraction of sp³-hybridized carbons (Fsp3) is 0.200. The lowest BCUT2D eigenvalue weighted by Crippen LogP contribution is -2.52. The fourth-order valence-electron chi connectivity index (χ4n) is 3.77. The maximum absolute atomic E-state index is 13.3. The highest BCUT2D eigenvalue weighted by Gasteiger charge is 2.31. The molecule has 1 heterocycles. The minimum Gasteiger partial charge on any atom is -0.399 e. The van der Waals surface area contributed by atoms with Crippen LogP contribution in [0.2, 0.25) is 0 Å². The van der Waals surface area contributed by atoms with Crippen LogP contribution in [0, 0.1) is 0 Å². The summed E-state index contributed by atoms with van der Waals surface area (Å²) < 4.78 is 0. The van der Waals surface area contributed by atoms with Gasteiger partial charge in [-0.25, -0.2) is 0 Å². The molecule has 1 aliphatic rings. The molecule has 1 saturated heterocycles. The van der Waals surface area contributed by atoms with Gasteiger partial charge in [0.05, 0.1) is 0 Å². The van der Waals surface area contributed by atoms with Gasteiger partial charge in [0.1, 0.15) is 0 Å². The van der Waals surface area contributed by atoms with Crippen molar-refractivity contribution < 1.29 is 9.59 Å². The predicted octanol–water partition coefficient (Wildman–Crippen LogP) is 3.28. The highest BCUT2D eigenvalue weighted by Crippen LogP contribution is 2.27. The molecule has 0 bridgehead atoms. The number of nitrogens with two attached hydrogens (primary N) is 1. The van der Waals surface area contributed by atoms with Gasteiger partial charge in [-0.1, -0.05) is 48.5 Å². The quantitative estimate of drug-likeness (QED) is 0.525. The summed E-state index contributed by atoms with van der Waals surface area (Å²) in [6, 6.07) is 26.4. The first-order valence-electron chi connectivity index (χ1n) is 10.4. The number of carbonyl (C=O) groups excluding carboxylic acids is 2. The van der Waals surface area contributed by atoms with E-state index in [9.17, 15) is 9.59 Å². The van der Waals surface area contributed by atoms with Gasteiger partial charge in [-0.2, -0.15) is 0 Å². The molecule has 0 spiro atoms. The molecule has 158 valence electrons. The summed E-state index contributed by atoms with van der Waals surface area (Å²) in [5.41, 5.74) is 8.91. The molecular weight excluding hydrogens is 388 g/mol. The molecule has 6 heteroatoms. The number of anilines is 3. The van der Waals surface area contributed by atoms with E-state index in [2.05, 4.69) is 17.0 Å². The second kappa shape index (κ2) is 9.45. The number of carbonyl (C=O) groups is 2. The molecule has 4 rings (SSSR count). The second-order valence-electron chi connectivity index (χ2n) is 7.62. The summed E-state index contributed by atoms with van der Waals surface area (Å²) in [6.07, 6.45) is 0. The number of hydrogen-bond donors (Lipinski definition) is 1. The van der Waals surface area contributed by atoms with Crippen LogP contribution in [0.15, 0.2) is 84.9 Å². The molecule has 1 fully saturated rings. The number of nitrogens with zero attached hydrogens (tertiary/aromatic N) is 3. The number of rotatable bonds is 4. The van der Waals surface area contributed by atoms with Crippen molar-refractivity contribution in [2.45, 2.75) is 6.54 Å². The number of benzene rings is 3. The van der Waals surface area contributed by atoms with Crippen LogP contribution in [-0.4, -0.2) is 47.8 Å². The van der Waals surface area contributed by atoms with Gasteiger partial charge in [0.2, 0.25) is 0 Å². The van der Waals surface area contributed by atoms with Crippen molar-refractivity contribution in [2.75, 3.05) is 36.8 Å². The predicted molar refractivity (Wildman–Crippen MR) is 123 cm³/mol. The summed E-state index contributed by atoms with van der Waals surface area (Å²) in [5.74, 6) is -1.05. The molecule has 31 heavy (non-hydrogen) atoms. The lowest BCUT2D eigenvalue weighted by molar-refractivity contribution is -0.145. The Hall–Kier alpha value is -3.64. The largest absolute Gasteiger partial charge is 0.399 e. The molecule has 0 saturated carbocycles. The number of amides is 2. The maximum atomic E-state index is 13.3. The third-order valence-corrected chi connectivity index (χ3v) is 5.46. The van der Waals surface area contributed by atoms with Gasteiger partial charge in [-0.15, -0.1) is 0 Å². The van der Waals surface area contributed by atoms with Gasteiger partial charge in [-0.05, 0) is 42.0 Å². The van der Waals surface area contributed by atoms with Crippen molar-refractivity contribution >= 4 is 28.9 Å². The van der Waals surface area contributed by atoms with E-state index >= 15 is 0 Å². The van der Waals surface area contributed by atoms with Crippen molar-refractivity contribution in [3.8, 4) is 0 Å². The van der Waals surface area contributed by atoms with Gasteiger partial charge in [0.15, 0.2) is 0 Å². The van der Waals surface area contributed by atoms with Crippen molar-refractivity contribution in [3.63, 3.8) is 0 Å². The molecule has 1 aliphatic heterocycles. The van der Waals surface area contributed by atoms with E-state index < -0.39 is 11.8 Å². The lowest BCUT2D eigenvalue weighted by Gasteiger charge is -2.35. The van der Waals surface area contributed by atoms with Gasteiger partial charge in [0.25, 0.3) is 0 Å². The van der Waals surface area contributed by atoms with Gasteiger partial charge < -0.3 is 10.6 Å². The number of para-hydroxylation sites is 1. The van der Waals surface area contributed by atoms with E-state index in [0.29, 0.717) is 30.2 Å². The number of nitrogen functional groups attached to an aromatic ring is 1. The third kappa shape index (κ3) is 4.92. The van der Waals surface area contributed by atoms with Gasteiger partial charge >= 0.3 is 11.8 Å². The first-order chi connectivity index (χ1) is 15.1. The monoisotopic (exact) mass is 414 g/mol. The first-order valence-corrected chi connectivity index (χ1v) is 10.4. The second-order valence-corrected chi connectivity index (χ2v) is 7.62. The van der Waals surface area contributed by atoms with E-state index in [-0.39, 0.29) is 0 Å². The van der Waals surface area contributed by atoms with E-state index in [1.54, 1.807) is 29.2 Å². The third-order valence-electron chi connectivity index (χ3n) is 5.46. The highest BCUT2D eigenvalue weighted by molar-refractivity contribution is 6.42. The number of piperazine rings is 1. The molecule has 3 aromatic rings. The minimum atomic E-state index is -0.563. The van der Waals surface area contributed by atoms with E-state index in [1.165, 1.54) is 10.5 Å². The Morgan fingerprint density at radius 2 is 1.29 bits per heavy atom. The number of hydrogen-bond acceptors (Lipinski definition) is 4. The summed E-state index contributed by atoms with van der Waals surface area (Å²) in [5, 5.41) is 0. The summed E-state index contributed by atoms with van der Waals surface area (Å²) in [4.78, 5) is 31.8. The van der Waals surface area contributed by atoms with E-state index in [1.807, 2.05) is 48.5 Å². The van der Waals surface area contributed by atoms with Crippen LogP contribution in [-0.2, 0) is 16.1 Å². The summed E-state index contributed by atoms with van der Waals surface area (Å²) in [6.45, 7) is 3.38. The fourth-order valence-corrected chi connectivity index (χ4v) is 3.77. The van der Waals surface area contributed by atoms with Crippen molar-refractivity contribution in [3.05, 3.63) is 90.5 Å². The standard InChI is InChI=1S/C25H26N4O2/c26-21-11-13-23(14-12-21)29(22-9-5-2-6-10-22)25(31)24(30)28-17-15-27(16-18-28)19-20-7-3-1-4-8-20/h1-14H,15-19,26H2. The van der Waals surface area contributed by atoms with Crippen LogP contribution in [0.5, 0.6) is 0 Å². The molecule has 6 nitrogen and oxygen atoms in total. The normalized spacial score (nSPS) is 14.3. The summed E-state index contributed by atoms with van der Waals surface area (Å²) >= 11 is 0. The zero-order valence-corrected chi connectivity index (χ0v) is 17.4. The average molecular weight is 415 g/mol. The molecular formula is C25H26N4O2. The topological polar surface area (TPSA) is 69.9 Å². The Labute approximate surface area is 182 Å². The molecule has 3 aromatic carbocycles. The Morgan fingerprint density at radius 1 is 0.742 bits per heavy atom. The minimum absolute atomic E-state index is 0.486. The molecule has 2 N–H and O–H groups in total. The van der Waals surface area contributed by atoms with Crippen LogP contribution >= 0.6 is 0 Å². The maximum Gasteiger partial charge on any atom is 0.321 e. The molecule has 0 unspecified atom stereocenters.